The Labute approximate surface area is 118 Å². The number of ether oxygens (including phenoxy) is 1. The minimum absolute atomic E-state index is 0.779. The van der Waals surface area contributed by atoms with E-state index in [0.29, 0.717) is 0 Å². The molecule has 0 rings (SSSR count). The highest BCUT2D eigenvalue weighted by Crippen LogP contribution is 1.93. The molecule has 114 valence electrons. The number of guanidine groups is 1. The Kier molecular flexibility index (Phi) is 13.0. The summed E-state index contributed by atoms with van der Waals surface area (Å²) in [5, 5.41) is 6.63. The van der Waals surface area contributed by atoms with Gasteiger partial charge in [-0.15, -0.1) is 0 Å². The van der Waals surface area contributed by atoms with E-state index in [0.717, 1.165) is 45.3 Å². The molecule has 0 fully saturated rings. The van der Waals surface area contributed by atoms with Crippen LogP contribution in [0.1, 0.15) is 33.1 Å². The molecule has 0 amide bonds. The smallest absolute Gasteiger partial charge is 0.191 e. The highest BCUT2D eigenvalue weighted by Gasteiger charge is 1.99. The van der Waals surface area contributed by atoms with Crippen LogP contribution < -0.4 is 10.6 Å². The number of rotatable bonds is 11. The van der Waals surface area contributed by atoms with Crippen molar-refractivity contribution in [1.29, 1.82) is 0 Å². The van der Waals surface area contributed by atoms with E-state index in [1.807, 2.05) is 0 Å². The second-order valence-electron chi connectivity index (χ2n) is 4.69. The molecule has 0 aliphatic rings. The number of aliphatic imine (C=N–C) groups is 1. The molecule has 0 radical (unpaired) electrons. The number of nitrogens with one attached hydrogen (secondary N) is 2. The van der Waals surface area contributed by atoms with Gasteiger partial charge < -0.3 is 20.3 Å². The molecular formula is C14H32N4O. The Morgan fingerprint density at radius 2 is 1.95 bits per heavy atom. The summed E-state index contributed by atoms with van der Waals surface area (Å²) in [6.07, 6.45) is 3.66. The number of hydrogen-bond acceptors (Lipinski definition) is 3. The highest BCUT2D eigenvalue weighted by molar-refractivity contribution is 5.79. The monoisotopic (exact) mass is 272 g/mol. The van der Waals surface area contributed by atoms with Gasteiger partial charge >= 0.3 is 0 Å². The Bertz CT molecular complexity index is 221. The molecule has 0 spiro atoms. The quantitative estimate of drug-likeness (QED) is 0.338. The topological polar surface area (TPSA) is 48.9 Å². The number of nitrogens with zero attached hydrogens (tertiary/aromatic N) is 2. The van der Waals surface area contributed by atoms with E-state index in [1.54, 1.807) is 7.11 Å². The van der Waals surface area contributed by atoms with Gasteiger partial charge in [0.1, 0.15) is 0 Å². The molecule has 0 saturated carbocycles. The molecule has 5 heteroatoms. The van der Waals surface area contributed by atoms with E-state index < -0.39 is 0 Å². The first-order valence-electron chi connectivity index (χ1n) is 7.44. The van der Waals surface area contributed by atoms with E-state index in [-0.39, 0.29) is 0 Å². The average molecular weight is 272 g/mol. The van der Waals surface area contributed by atoms with Crippen LogP contribution in [0, 0.1) is 0 Å². The fourth-order valence-electron chi connectivity index (χ4n) is 1.62. The Morgan fingerprint density at radius 1 is 1.16 bits per heavy atom. The second-order valence-corrected chi connectivity index (χ2v) is 4.69. The summed E-state index contributed by atoms with van der Waals surface area (Å²) in [6.45, 7) is 9.74. The van der Waals surface area contributed by atoms with Gasteiger partial charge in [-0.05, 0) is 20.4 Å². The van der Waals surface area contributed by atoms with Gasteiger partial charge in [-0.3, -0.25) is 4.99 Å². The summed E-state index contributed by atoms with van der Waals surface area (Å²) in [5.41, 5.74) is 0. The first-order valence-corrected chi connectivity index (χ1v) is 7.44. The lowest BCUT2D eigenvalue weighted by Gasteiger charge is -2.17. The minimum atomic E-state index is 0.779. The van der Waals surface area contributed by atoms with E-state index in [1.165, 1.54) is 19.3 Å². The summed E-state index contributed by atoms with van der Waals surface area (Å²) < 4.78 is 5.06. The van der Waals surface area contributed by atoms with Gasteiger partial charge in [0, 0.05) is 39.8 Å². The van der Waals surface area contributed by atoms with Gasteiger partial charge in [0.25, 0.3) is 0 Å². The van der Waals surface area contributed by atoms with Crippen LogP contribution in [0.25, 0.3) is 0 Å². The molecule has 0 aliphatic carbocycles. The number of methoxy groups -OCH3 is 1. The van der Waals surface area contributed by atoms with E-state index in [4.69, 9.17) is 4.74 Å². The summed E-state index contributed by atoms with van der Waals surface area (Å²) >= 11 is 0. The average Bonchev–Trinajstić information content (AvgIpc) is 2.41. The molecule has 0 heterocycles. The highest BCUT2D eigenvalue weighted by atomic mass is 16.5. The van der Waals surface area contributed by atoms with Gasteiger partial charge in [-0.2, -0.15) is 0 Å². The standard InChI is InChI=1S/C14H32N4O/c1-5-7-8-9-16-14(15-6-2)17-10-11-18(3)12-13-19-4/h5-13H2,1-4H3,(H2,15,16,17). The maximum Gasteiger partial charge on any atom is 0.191 e. The van der Waals surface area contributed by atoms with Crippen LogP contribution in [0.3, 0.4) is 0 Å². The molecule has 0 aromatic rings. The fraction of sp³-hybridized carbons (Fsp3) is 0.929. The first kappa shape index (κ1) is 18.2. The zero-order chi connectivity index (χ0) is 14.3. The molecule has 0 saturated heterocycles. The summed E-state index contributed by atoms with van der Waals surface area (Å²) in [4.78, 5) is 6.81. The van der Waals surface area contributed by atoms with Crippen LogP contribution in [-0.4, -0.2) is 64.3 Å². The van der Waals surface area contributed by atoms with E-state index in [2.05, 4.69) is 41.4 Å². The van der Waals surface area contributed by atoms with Crippen molar-refractivity contribution in [3.05, 3.63) is 0 Å². The van der Waals surface area contributed by atoms with Gasteiger partial charge in [-0.25, -0.2) is 0 Å². The van der Waals surface area contributed by atoms with Gasteiger partial charge in [0.05, 0.1) is 6.61 Å². The van der Waals surface area contributed by atoms with Crippen molar-refractivity contribution in [3.8, 4) is 0 Å². The third-order valence-corrected chi connectivity index (χ3v) is 2.84. The SMILES string of the molecule is CCCCCN=C(NCC)NCCN(C)CCOC. The van der Waals surface area contributed by atoms with Crippen molar-refractivity contribution in [3.63, 3.8) is 0 Å². The molecule has 0 atom stereocenters. The molecule has 0 aliphatic heterocycles. The molecule has 19 heavy (non-hydrogen) atoms. The van der Waals surface area contributed by atoms with Crippen LogP contribution in [0.4, 0.5) is 0 Å². The summed E-state index contributed by atoms with van der Waals surface area (Å²) in [6, 6.07) is 0. The fourth-order valence-corrected chi connectivity index (χ4v) is 1.62. The molecular weight excluding hydrogens is 240 g/mol. The molecule has 2 N–H and O–H groups in total. The number of hydrogen-bond donors (Lipinski definition) is 2. The van der Waals surface area contributed by atoms with Gasteiger partial charge in [0.2, 0.25) is 0 Å². The van der Waals surface area contributed by atoms with Crippen molar-refractivity contribution in [2.24, 2.45) is 4.99 Å². The van der Waals surface area contributed by atoms with Crippen molar-refractivity contribution in [2.75, 3.05) is 53.5 Å². The van der Waals surface area contributed by atoms with Crippen LogP contribution in [-0.2, 0) is 4.74 Å². The van der Waals surface area contributed by atoms with Crippen molar-refractivity contribution in [2.45, 2.75) is 33.1 Å². The molecule has 0 bridgehead atoms. The van der Waals surface area contributed by atoms with Crippen molar-refractivity contribution >= 4 is 5.96 Å². The van der Waals surface area contributed by atoms with Crippen molar-refractivity contribution < 1.29 is 4.74 Å². The van der Waals surface area contributed by atoms with Crippen LogP contribution in [0.15, 0.2) is 4.99 Å². The lowest BCUT2D eigenvalue weighted by molar-refractivity contribution is 0.162. The summed E-state index contributed by atoms with van der Waals surface area (Å²) in [5.74, 6) is 0.929. The molecule has 5 nitrogen and oxygen atoms in total. The van der Waals surface area contributed by atoms with Crippen LogP contribution in [0.2, 0.25) is 0 Å². The normalized spacial score (nSPS) is 11.9. The zero-order valence-corrected chi connectivity index (χ0v) is 13.2. The maximum atomic E-state index is 5.06. The second kappa shape index (κ2) is 13.6. The van der Waals surface area contributed by atoms with Crippen molar-refractivity contribution in [1.82, 2.24) is 15.5 Å². The molecule has 0 aromatic carbocycles. The zero-order valence-electron chi connectivity index (χ0n) is 13.2. The largest absolute Gasteiger partial charge is 0.383 e. The maximum absolute atomic E-state index is 5.06. The van der Waals surface area contributed by atoms with Crippen LogP contribution in [0.5, 0.6) is 0 Å². The van der Waals surface area contributed by atoms with E-state index >= 15 is 0 Å². The molecule has 0 unspecified atom stereocenters. The third-order valence-electron chi connectivity index (χ3n) is 2.84. The van der Waals surface area contributed by atoms with Gasteiger partial charge in [-0.1, -0.05) is 19.8 Å². The summed E-state index contributed by atoms with van der Waals surface area (Å²) in [7, 11) is 3.84. The van der Waals surface area contributed by atoms with E-state index in [9.17, 15) is 0 Å². The number of unbranched alkanes of at least 4 members (excludes halogenated alkanes) is 2. The Balaban J connectivity index is 3.80. The minimum Gasteiger partial charge on any atom is -0.383 e. The lowest BCUT2D eigenvalue weighted by atomic mass is 10.2. The lowest BCUT2D eigenvalue weighted by Crippen LogP contribution is -2.41. The predicted octanol–water partition coefficient (Wildman–Crippen LogP) is 1.31. The first-order chi connectivity index (χ1) is 9.24. The van der Waals surface area contributed by atoms with Crippen LogP contribution >= 0.6 is 0 Å². The number of likely N-dealkylation sites (N-methyl/N-ethyl adjacent to an activating group) is 1. The molecule has 0 aromatic heterocycles. The Morgan fingerprint density at radius 3 is 2.58 bits per heavy atom. The Hall–Kier alpha value is -0.810. The third kappa shape index (κ3) is 12.0. The predicted molar refractivity (Wildman–Crippen MR) is 82.9 cm³/mol. The van der Waals surface area contributed by atoms with Gasteiger partial charge in [0.15, 0.2) is 5.96 Å².